The van der Waals surface area contributed by atoms with Crippen LogP contribution in [0, 0.1) is 6.92 Å². The second kappa shape index (κ2) is 8.53. The number of nitrogens with zero attached hydrogens (tertiary/aromatic N) is 1. The largest absolute Gasteiger partial charge is 0.385 e. The van der Waals surface area contributed by atoms with Gasteiger partial charge in [-0.05, 0) is 37.8 Å². The van der Waals surface area contributed by atoms with Gasteiger partial charge in [0, 0.05) is 33.4 Å². The van der Waals surface area contributed by atoms with Crippen LogP contribution in [0.5, 0.6) is 0 Å². The summed E-state index contributed by atoms with van der Waals surface area (Å²) in [6.07, 6.45) is 2.83. The van der Waals surface area contributed by atoms with Crippen LogP contribution in [-0.4, -0.2) is 50.2 Å². The van der Waals surface area contributed by atoms with Crippen LogP contribution >= 0.6 is 0 Å². The predicted octanol–water partition coefficient (Wildman–Crippen LogP) is 2.39. The number of hydrogen-bond acceptors (Lipinski definition) is 3. The van der Waals surface area contributed by atoms with Crippen molar-refractivity contribution in [2.75, 3.05) is 38.7 Å². The number of anilines is 1. The number of nitrogens with one attached hydrogen (secondary N) is 2. The summed E-state index contributed by atoms with van der Waals surface area (Å²) in [6, 6.07) is 5.21. The molecular formula is C17H25N3O3. The van der Waals surface area contributed by atoms with E-state index in [0.29, 0.717) is 24.4 Å². The summed E-state index contributed by atoms with van der Waals surface area (Å²) in [5, 5.41) is 5.60. The van der Waals surface area contributed by atoms with Gasteiger partial charge in [-0.15, -0.1) is 0 Å². The Bertz CT molecular complexity index is 554. The average Bonchev–Trinajstić information content (AvgIpc) is 3.07. The molecule has 0 bridgehead atoms. The van der Waals surface area contributed by atoms with Crippen molar-refractivity contribution < 1.29 is 14.3 Å². The number of amides is 3. The summed E-state index contributed by atoms with van der Waals surface area (Å²) in [4.78, 5) is 26.5. The predicted molar refractivity (Wildman–Crippen MR) is 89.8 cm³/mol. The van der Waals surface area contributed by atoms with Crippen molar-refractivity contribution >= 4 is 17.6 Å². The van der Waals surface area contributed by atoms with Crippen LogP contribution in [0.4, 0.5) is 10.5 Å². The number of aryl methyl sites for hydroxylation is 1. The molecule has 1 saturated heterocycles. The number of ether oxygens (including phenoxy) is 1. The molecule has 1 fully saturated rings. The number of benzene rings is 1. The Kier molecular flexibility index (Phi) is 6.40. The fraction of sp³-hybridized carbons (Fsp3) is 0.529. The van der Waals surface area contributed by atoms with Crippen molar-refractivity contribution in [1.82, 2.24) is 10.2 Å². The average molecular weight is 319 g/mol. The van der Waals surface area contributed by atoms with Crippen LogP contribution in [0.3, 0.4) is 0 Å². The molecule has 1 aromatic carbocycles. The molecule has 1 aromatic rings. The lowest BCUT2D eigenvalue weighted by molar-refractivity contribution is 0.0794. The van der Waals surface area contributed by atoms with Gasteiger partial charge < -0.3 is 20.3 Å². The second-order valence-corrected chi connectivity index (χ2v) is 5.72. The minimum atomic E-state index is -0.300. The van der Waals surface area contributed by atoms with Crippen LogP contribution in [0.15, 0.2) is 18.2 Å². The maximum absolute atomic E-state index is 12.6. The summed E-state index contributed by atoms with van der Waals surface area (Å²) in [6.45, 7) is 4.59. The lowest BCUT2D eigenvalue weighted by Crippen LogP contribution is -2.33. The quantitative estimate of drug-likeness (QED) is 0.791. The SMILES string of the molecule is COCCCNC(=O)Nc1c(C)cccc1C(=O)N1CCCC1. The number of urea groups is 1. The van der Waals surface area contributed by atoms with E-state index in [1.54, 1.807) is 13.2 Å². The smallest absolute Gasteiger partial charge is 0.319 e. The molecule has 0 aromatic heterocycles. The van der Waals surface area contributed by atoms with E-state index >= 15 is 0 Å². The highest BCUT2D eigenvalue weighted by molar-refractivity contribution is 6.04. The van der Waals surface area contributed by atoms with Gasteiger partial charge in [0.15, 0.2) is 0 Å². The van der Waals surface area contributed by atoms with E-state index < -0.39 is 0 Å². The van der Waals surface area contributed by atoms with Gasteiger partial charge >= 0.3 is 6.03 Å². The minimum absolute atomic E-state index is 0.0131. The molecule has 2 rings (SSSR count). The number of carbonyl (C=O) groups is 2. The molecule has 1 aliphatic rings. The molecule has 3 amide bonds. The molecular weight excluding hydrogens is 294 g/mol. The molecule has 0 radical (unpaired) electrons. The van der Waals surface area contributed by atoms with E-state index in [4.69, 9.17) is 4.74 Å². The van der Waals surface area contributed by atoms with Crippen molar-refractivity contribution in [1.29, 1.82) is 0 Å². The number of likely N-dealkylation sites (tertiary alicyclic amines) is 1. The molecule has 1 aliphatic heterocycles. The van der Waals surface area contributed by atoms with E-state index in [0.717, 1.165) is 37.9 Å². The monoisotopic (exact) mass is 319 g/mol. The maximum atomic E-state index is 12.6. The zero-order chi connectivity index (χ0) is 16.7. The van der Waals surface area contributed by atoms with Gasteiger partial charge in [-0.25, -0.2) is 4.79 Å². The summed E-state index contributed by atoms with van der Waals surface area (Å²) in [7, 11) is 1.63. The highest BCUT2D eigenvalue weighted by Crippen LogP contribution is 2.23. The maximum Gasteiger partial charge on any atom is 0.319 e. The molecule has 6 heteroatoms. The molecule has 0 atom stereocenters. The Morgan fingerprint density at radius 1 is 1.26 bits per heavy atom. The highest BCUT2D eigenvalue weighted by Gasteiger charge is 2.23. The van der Waals surface area contributed by atoms with Gasteiger partial charge in [0.1, 0.15) is 0 Å². The minimum Gasteiger partial charge on any atom is -0.385 e. The summed E-state index contributed by atoms with van der Waals surface area (Å²) >= 11 is 0. The normalized spacial score (nSPS) is 13.9. The van der Waals surface area contributed by atoms with Crippen LogP contribution in [0.2, 0.25) is 0 Å². The first kappa shape index (κ1) is 17.3. The lowest BCUT2D eigenvalue weighted by atomic mass is 10.1. The fourth-order valence-electron chi connectivity index (χ4n) is 2.68. The van der Waals surface area contributed by atoms with Crippen molar-refractivity contribution in [3.63, 3.8) is 0 Å². The molecule has 2 N–H and O–H groups in total. The first-order chi connectivity index (χ1) is 11.1. The number of methoxy groups -OCH3 is 1. The van der Waals surface area contributed by atoms with Gasteiger partial charge in [0.2, 0.25) is 0 Å². The summed E-state index contributed by atoms with van der Waals surface area (Å²) < 4.78 is 4.95. The standard InChI is InChI=1S/C17H25N3O3/c1-13-7-5-8-14(16(21)20-10-3-4-11-20)15(13)19-17(22)18-9-6-12-23-2/h5,7-8H,3-4,6,9-12H2,1-2H3,(H2,18,19,22). The van der Waals surface area contributed by atoms with Gasteiger partial charge in [-0.1, -0.05) is 12.1 Å². The molecule has 0 unspecified atom stereocenters. The number of hydrogen-bond donors (Lipinski definition) is 2. The Labute approximate surface area is 137 Å². The molecule has 6 nitrogen and oxygen atoms in total. The molecule has 23 heavy (non-hydrogen) atoms. The molecule has 0 saturated carbocycles. The lowest BCUT2D eigenvalue weighted by Gasteiger charge is -2.19. The van der Waals surface area contributed by atoms with Crippen LogP contribution in [0.1, 0.15) is 35.2 Å². The van der Waals surface area contributed by atoms with E-state index in [2.05, 4.69) is 10.6 Å². The van der Waals surface area contributed by atoms with Gasteiger partial charge in [0.25, 0.3) is 5.91 Å². The van der Waals surface area contributed by atoms with E-state index in [1.807, 2.05) is 24.0 Å². The zero-order valence-electron chi connectivity index (χ0n) is 13.9. The third kappa shape index (κ3) is 4.69. The zero-order valence-corrected chi connectivity index (χ0v) is 13.9. The number of para-hydroxylation sites is 1. The first-order valence-corrected chi connectivity index (χ1v) is 8.06. The highest BCUT2D eigenvalue weighted by atomic mass is 16.5. The van der Waals surface area contributed by atoms with E-state index in [9.17, 15) is 9.59 Å². The third-order valence-electron chi connectivity index (χ3n) is 3.95. The number of rotatable bonds is 6. The second-order valence-electron chi connectivity index (χ2n) is 5.72. The van der Waals surface area contributed by atoms with Crippen LogP contribution in [0.25, 0.3) is 0 Å². The number of carbonyl (C=O) groups excluding carboxylic acids is 2. The Morgan fingerprint density at radius 2 is 2.00 bits per heavy atom. The van der Waals surface area contributed by atoms with Crippen LogP contribution in [-0.2, 0) is 4.74 Å². The molecule has 126 valence electrons. The van der Waals surface area contributed by atoms with Crippen molar-refractivity contribution in [3.8, 4) is 0 Å². The van der Waals surface area contributed by atoms with Crippen molar-refractivity contribution in [2.45, 2.75) is 26.2 Å². The van der Waals surface area contributed by atoms with E-state index in [1.165, 1.54) is 0 Å². The van der Waals surface area contributed by atoms with Crippen molar-refractivity contribution in [2.24, 2.45) is 0 Å². The third-order valence-corrected chi connectivity index (χ3v) is 3.95. The van der Waals surface area contributed by atoms with Gasteiger partial charge in [0.05, 0.1) is 11.3 Å². The Hall–Kier alpha value is -2.08. The Morgan fingerprint density at radius 3 is 2.70 bits per heavy atom. The molecule has 0 aliphatic carbocycles. The molecule has 1 heterocycles. The molecule has 0 spiro atoms. The van der Waals surface area contributed by atoms with Crippen LogP contribution < -0.4 is 10.6 Å². The Balaban J connectivity index is 2.05. The first-order valence-electron chi connectivity index (χ1n) is 8.06. The summed E-state index contributed by atoms with van der Waals surface area (Å²) in [5.74, 6) is -0.0131. The van der Waals surface area contributed by atoms with Crippen molar-refractivity contribution in [3.05, 3.63) is 29.3 Å². The van der Waals surface area contributed by atoms with Gasteiger partial charge in [-0.3, -0.25) is 4.79 Å². The summed E-state index contributed by atoms with van der Waals surface area (Å²) in [5.41, 5.74) is 2.02. The van der Waals surface area contributed by atoms with E-state index in [-0.39, 0.29) is 11.9 Å². The van der Waals surface area contributed by atoms with Gasteiger partial charge in [-0.2, -0.15) is 0 Å². The topological polar surface area (TPSA) is 70.7 Å². The fourth-order valence-corrected chi connectivity index (χ4v) is 2.68.